The second-order valence-corrected chi connectivity index (χ2v) is 5.27. The van der Waals surface area contributed by atoms with Gasteiger partial charge in [0.15, 0.2) is 0 Å². The Kier molecular flexibility index (Phi) is 5.25. The van der Waals surface area contributed by atoms with Gasteiger partial charge in [-0.2, -0.15) is 0 Å². The number of carbonyl (C=O) groups excluding carboxylic acids is 2. The number of nitrogens with zero attached hydrogens (tertiary/aromatic N) is 1. The Hall–Kier alpha value is -2.69. The molecular formula is C17H18N2O3. The Morgan fingerprint density at radius 3 is 2.64 bits per heavy atom. The van der Waals surface area contributed by atoms with E-state index >= 15 is 0 Å². The molecule has 2 aromatic rings. The van der Waals surface area contributed by atoms with Crippen LogP contribution in [0.25, 0.3) is 0 Å². The average Bonchev–Trinajstić information content (AvgIpc) is 2.54. The Morgan fingerprint density at radius 1 is 1.27 bits per heavy atom. The summed E-state index contributed by atoms with van der Waals surface area (Å²) in [5, 5.41) is 2.77. The molecule has 1 amide bonds. The van der Waals surface area contributed by atoms with E-state index in [9.17, 15) is 9.59 Å². The molecule has 0 aliphatic heterocycles. The van der Waals surface area contributed by atoms with Crippen molar-refractivity contribution < 1.29 is 14.3 Å². The Labute approximate surface area is 129 Å². The number of benzene rings is 1. The fourth-order valence-electron chi connectivity index (χ4n) is 1.80. The molecule has 0 bridgehead atoms. The van der Waals surface area contributed by atoms with Crippen molar-refractivity contribution >= 4 is 17.9 Å². The predicted octanol–water partition coefficient (Wildman–Crippen LogP) is 3.18. The first-order chi connectivity index (χ1) is 10.6. The van der Waals surface area contributed by atoms with Gasteiger partial charge in [-0.25, -0.2) is 0 Å². The summed E-state index contributed by atoms with van der Waals surface area (Å²) >= 11 is 0. The van der Waals surface area contributed by atoms with E-state index in [2.05, 4.69) is 10.3 Å². The molecule has 114 valence electrons. The number of carbonyl (C=O) groups is 2. The Bertz CT molecular complexity index is 654. The maximum atomic E-state index is 12.2. The molecule has 0 aliphatic carbocycles. The minimum Gasteiger partial charge on any atom is -0.491 e. The van der Waals surface area contributed by atoms with Crippen LogP contribution in [0.2, 0.25) is 0 Å². The number of anilines is 1. The lowest BCUT2D eigenvalue weighted by molar-refractivity contribution is 0.102. The molecule has 0 saturated heterocycles. The van der Waals surface area contributed by atoms with Crippen LogP contribution in [-0.4, -0.2) is 23.8 Å². The van der Waals surface area contributed by atoms with Crippen LogP contribution in [0.5, 0.6) is 5.75 Å². The molecule has 1 aromatic heterocycles. The molecule has 0 fully saturated rings. The fourth-order valence-corrected chi connectivity index (χ4v) is 1.80. The highest BCUT2D eigenvalue weighted by atomic mass is 16.5. The van der Waals surface area contributed by atoms with Gasteiger partial charge in [0.05, 0.1) is 12.3 Å². The first kappa shape index (κ1) is 15.7. The molecule has 0 atom stereocenters. The molecule has 5 heteroatoms. The van der Waals surface area contributed by atoms with Crippen molar-refractivity contribution in [2.24, 2.45) is 5.92 Å². The topological polar surface area (TPSA) is 68.3 Å². The van der Waals surface area contributed by atoms with Gasteiger partial charge in [0.1, 0.15) is 12.0 Å². The number of aldehydes is 1. The summed E-state index contributed by atoms with van der Waals surface area (Å²) in [6, 6.07) is 8.18. The molecular weight excluding hydrogens is 280 g/mol. The van der Waals surface area contributed by atoms with Crippen LogP contribution < -0.4 is 10.1 Å². The first-order valence-corrected chi connectivity index (χ1v) is 7.03. The van der Waals surface area contributed by atoms with E-state index in [-0.39, 0.29) is 5.91 Å². The maximum Gasteiger partial charge on any atom is 0.255 e. The summed E-state index contributed by atoms with van der Waals surface area (Å²) in [4.78, 5) is 27.0. The highest BCUT2D eigenvalue weighted by Gasteiger charge is 2.11. The fraction of sp³-hybridized carbons (Fsp3) is 0.235. The molecule has 2 rings (SSSR count). The van der Waals surface area contributed by atoms with Crippen molar-refractivity contribution in [1.82, 2.24) is 4.98 Å². The van der Waals surface area contributed by atoms with E-state index in [4.69, 9.17) is 4.74 Å². The lowest BCUT2D eigenvalue weighted by atomic mass is 10.2. The van der Waals surface area contributed by atoms with Gasteiger partial charge < -0.3 is 10.1 Å². The lowest BCUT2D eigenvalue weighted by Crippen LogP contribution is -2.14. The highest BCUT2D eigenvalue weighted by molar-refractivity contribution is 6.05. The first-order valence-electron chi connectivity index (χ1n) is 7.03. The van der Waals surface area contributed by atoms with Gasteiger partial charge in [0.25, 0.3) is 5.91 Å². The lowest BCUT2D eigenvalue weighted by Gasteiger charge is -2.14. The largest absolute Gasteiger partial charge is 0.491 e. The molecule has 0 saturated carbocycles. The number of nitrogens with one attached hydrogen (secondary N) is 1. The summed E-state index contributed by atoms with van der Waals surface area (Å²) in [6.45, 7) is 4.60. The molecule has 1 heterocycles. The van der Waals surface area contributed by atoms with E-state index in [0.29, 0.717) is 35.1 Å². The van der Waals surface area contributed by atoms with Crippen molar-refractivity contribution in [2.45, 2.75) is 13.8 Å². The van der Waals surface area contributed by atoms with Crippen molar-refractivity contribution in [3.05, 3.63) is 53.9 Å². The third kappa shape index (κ3) is 4.15. The van der Waals surface area contributed by atoms with E-state index in [0.717, 1.165) is 6.29 Å². The van der Waals surface area contributed by atoms with Gasteiger partial charge in [-0.15, -0.1) is 0 Å². The Balaban J connectivity index is 2.23. The number of hydrogen-bond donors (Lipinski definition) is 1. The third-order valence-electron chi connectivity index (χ3n) is 2.90. The molecule has 0 unspecified atom stereocenters. The minimum atomic E-state index is -0.278. The van der Waals surface area contributed by atoms with Gasteiger partial charge in [-0.3, -0.25) is 14.6 Å². The number of rotatable bonds is 6. The summed E-state index contributed by atoms with van der Waals surface area (Å²) in [5.74, 6) is 0.621. The zero-order chi connectivity index (χ0) is 15.9. The van der Waals surface area contributed by atoms with Crippen molar-refractivity contribution in [2.75, 3.05) is 11.9 Å². The number of hydrogen-bond acceptors (Lipinski definition) is 4. The SMILES string of the molecule is CC(C)COc1ccc(C=O)cc1NC(=O)c1ccncc1. The van der Waals surface area contributed by atoms with Crippen molar-refractivity contribution in [1.29, 1.82) is 0 Å². The highest BCUT2D eigenvalue weighted by Crippen LogP contribution is 2.26. The summed E-state index contributed by atoms with van der Waals surface area (Å²) in [5.41, 5.74) is 1.44. The molecule has 0 spiro atoms. The van der Waals surface area contributed by atoms with E-state index < -0.39 is 0 Å². The maximum absolute atomic E-state index is 12.2. The molecule has 5 nitrogen and oxygen atoms in total. The van der Waals surface area contributed by atoms with Crippen LogP contribution in [0.1, 0.15) is 34.6 Å². The predicted molar refractivity (Wildman–Crippen MR) is 84.4 cm³/mol. The minimum absolute atomic E-state index is 0.278. The molecule has 0 aliphatic rings. The van der Waals surface area contributed by atoms with E-state index in [1.54, 1.807) is 42.7 Å². The van der Waals surface area contributed by atoms with Crippen LogP contribution >= 0.6 is 0 Å². The normalized spacial score (nSPS) is 10.3. The monoisotopic (exact) mass is 298 g/mol. The number of pyridine rings is 1. The van der Waals surface area contributed by atoms with Gasteiger partial charge in [-0.05, 0) is 36.2 Å². The number of ether oxygens (including phenoxy) is 1. The molecule has 0 radical (unpaired) electrons. The van der Waals surface area contributed by atoms with Crippen LogP contribution in [-0.2, 0) is 0 Å². The molecule has 1 aromatic carbocycles. The van der Waals surface area contributed by atoms with Crippen LogP contribution in [0.3, 0.4) is 0 Å². The Morgan fingerprint density at radius 2 is 2.00 bits per heavy atom. The van der Waals surface area contributed by atoms with Crippen LogP contribution in [0.15, 0.2) is 42.7 Å². The van der Waals surface area contributed by atoms with Crippen LogP contribution in [0.4, 0.5) is 5.69 Å². The van der Waals surface area contributed by atoms with E-state index in [1.807, 2.05) is 13.8 Å². The van der Waals surface area contributed by atoms with Crippen LogP contribution in [0, 0.1) is 5.92 Å². The summed E-state index contributed by atoms with van der Waals surface area (Å²) < 4.78 is 5.69. The van der Waals surface area contributed by atoms with Crippen molar-refractivity contribution in [3.8, 4) is 5.75 Å². The van der Waals surface area contributed by atoms with Gasteiger partial charge in [0.2, 0.25) is 0 Å². The third-order valence-corrected chi connectivity index (χ3v) is 2.90. The quantitative estimate of drug-likeness (QED) is 0.832. The molecule has 22 heavy (non-hydrogen) atoms. The van der Waals surface area contributed by atoms with Crippen molar-refractivity contribution in [3.63, 3.8) is 0 Å². The summed E-state index contributed by atoms with van der Waals surface area (Å²) in [6.07, 6.45) is 3.83. The number of amides is 1. The van der Waals surface area contributed by atoms with Gasteiger partial charge in [0, 0.05) is 23.5 Å². The summed E-state index contributed by atoms with van der Waals surface area (Å²) in [7, 11) is 0. The molecule has 1 N–H and O–H groups in total. The van der Waals surface area contributed by atoms with Gasteiger partial charge in [-0.1, -0.05) is 13.8 Å². The average molecular weight is 298 g/mol. The zero-order valence-electron chi connectivity index (χ0n) is 12.6. The smallest absolute Gasteiger partial charge is 0.255 e. The van der Waals surface area contributed by atoms with E-state index in [1.165, 1.54) is 0 Å². The second kappa shape index (κ2) is 7.36. The number of aromatic nitrogens is 1. The van der Waals surface area contributed by atoms with Gasteiger partial charge >= 0.3 is 0 Å². The zero-order valence-corrected chi connectivity index (χ0v) is 12.6. The standard InChI is InChI=1S/C17H18N2O3/c1-12(2)11-22-16-4-3-13(10-20)9-15(16)19-17(21)14-5-7-18-8-6-14/h3-10,12H,11H2,1-2H3,(H,19,21). The second-order valence-electron chi connectivity index (χ2n) is 5.27.